The number of phenolic OH excluding ortho intramolecular Hbond substituents is 1. The first-order valence-corrected chi connectivity index (χ1v) is 6.80. The molecule has 1 aliphatic heterocycles. The minimum atomic E-state index is -1.13. The van der Waals surface area contributed by atoms with Crippen molar-refractivity contribution in [3.63, 3.8) is 0 Å². The van der Waals surface area contributed by atoms with Crippen molar-refractivity contribution in [2.75, 3.05) is 11.4 Å². The number of amides is 1. The molecule has 20 heavy (non-hydrogen) atoms. The maximum Gasteiger partial charge on any atom is 0.335 e. The minimum absolute atomic E-state index is 0.00623. The molecule has 1 unspecified atom stereocenters. The van der Waals surface area contributed by atoms with E-state index >= 15 is 0 Å². The van der Waals surface area contributed by atoms with Crippen molar-refractivity contribution in [3.05, 3.63) is 23.8 Å². The van der Waals surface area contributed by atoms with Gasteiger partial charge in [0.2, 0.25) is 5.91 Å². The molecule has 1 heterocycles. The molecular formula is C13H13NO5S. The summed E-state index contributed by atoms with van der Waals surface area (Å²) in [5, 5.41) is 18.5. The maximum atomic E-state index is 11.9. The lowest BCUT2D eigenvalue weighted by Crippen LogP contribution is -2.25. The highest BCUT2D eigenvalue weighted by Gasteiger charge is 2.33. The van der Waals surface area contributed by atoms with Gasteiger partial charge in [0.05, 0.1) is 11.3 Å². The summed E-state index contributed by atoms with van der Waals surface area (Å²) in [7, 11) is 0. The second-order valence-electron chi connectivity index (χ2n) is 4.45. The molecule has 106 valence electrons. The molecule has 0 aromatic heterocycles. The van der Waals surface area contributed by atoms with Crippen LogP contribution < -0.4 is 4.90 Å². The van der Waals surface area contributed by atoms with Crippen molar-refractivity contribution in [1.82, 2.24) is 0 Å². The van der Waals surface area contributed by atoms with Crippen LogP contribution in [-0.4, -0.2) is 39.0 Å². The van der Waals surface area contributed by atoms with Gasteiger partial charge in [-0.05, 0) is 18.2 Å². The molecule has 1 atom stereocenters. The monoisotopic (exact) mass is 295 g/mol. The summed E-state index contributed by atoms with van der Waals surface area (Å²) in [6.07, 6.45) is 0.195. The Bertz CT molecular complexity index is 586. The van der Waals surface area contributed by atoms with E-state index in [2.05, 4.69) is 0 Å². The summed E-state index contributed by atoms with van der Waals surface area (Å²) in [5.41, 5.74) is 0.162. The largest absolute Gasteiger partial charge is 0.506 e. The number of hydrogen-bond acceptors (Lipinski definition) is 5. The van der Waals surface area contributed by atoms with Gasteiger partial charge in [-0.15, -0.1) is 0 Å². The van der Waals surface area contributed by atoms with Crippen molar-refractivity contribution in [2.45, 2.75) is 18.6 Å². The first-order chi connectivity index (χ1) is 9.38. The zero-order valence-corrected chi connectivity index (χ0v) is 11.5. The average Bonchev–Trinajstić information content (AvgIpc) is 2.69. The Kier molecular flexibility index (Phi) is 3.99. The predicted octanol–water partition coefficient (Wildman–Crippen LogP) is 1.48. The van der Waals surface area contributed by atoms with Crippen molar-refractivity contribution < 1.29 is 24.6 Å². The van der Waals surface area contributed by atoms with Crippen LogP contribution in [0.3, 0.4) is 0 Å². The Morgan fingerprint density at radius 3 is 2.70 bits per heavy atom. The molecule has 0 spiro atoms. The van der Waals surface area contributed by atoms with E-state index in [4.69, 9.17) is 5.11 Å². The number of aromatic carboxylic acids is 1. The SMILES string of the molecule is CC(=O)SC1CC(=O)N(c2cc(C(=O)O)ccc2O)C1. The second-order valence-corrected chi connectivity index (χ2v) is 5.93. The molecule has 1 saturated heterocycles. The first-order valence-electron chi connectivity index (χ1n) is 5.92. The highest BCUT2D eigenvalue weighted by molar-refractivity contribution is 8.14. The highest BCUT2D eigenvalue weighted by Crippen LogP contribution is 2.34. The summed E-state index contributed by atoms with van der Waals surface area (Å²) in [6, 6.07) is 3.78. The fourth-order valence-corrected chi connectivity index (χ4v) is 3.01. The summed E-state index contributed by atoms with van der Waals surface area (Å²) in [5.74, 6) is -1.52. The van der Waals surface area contributed by atoms with Gasteiger partial charge in [0.15, 0.2) is 5.12 Å². The summed E-state index contributed by atoms with van der Waals surface area (Å²) >= 11 is 1.08. The second kappa shape index (κ2) is 5.54. The Labute approximate surface area is 119 Å². The van der Waals surface area contributed by atoms with E-state index in [1.807, 2.05) is 0 Å². The maximum absolute atomic E-state index is 11.9. The number of carbonyl (C=O) groups is 3. The number of anilines is 1. The number of carbonyl (C=O) groups excluding carboxylic acids is 2. The Morgan fingerprint density at radius 1 is 1.40 bits per heavy atom. The van der Waals surface area contributed by atoms with Crippen molar-refractivity contribution in [3.8, 4) is 5.75 Å². The molecule has 2 N–H and O–H groups in total. The van der Waals surface area contributed by atoms with Crippen LogP contribution in [0.4, 0.5) is 5.69 Å². The number of benzene rings is 1. The molecule has 7 heteroatoms. The van der Waals surface area contributed by atoms with Crippen molar-refractivity contribution in [1.29, 1.82) is 0 Å². The van der Waals surface area contributed by atoms with Crippen LogP contribution in [0.15, 0.2) is 18.2 Å². The number of hydrogen-bond donors (Lipinski definition) is 2. The quantitative estimate of drug-likeness (QED) is 0.877. The molecule has 2 rings (SSSR count). The zero-order chi connectivity index (χ0) is 14.9. The molecule has 1 amide bonds. The number of thioether (sulfide) groups is 1. The number of nitrogens with zero attached hydrogens (tertiary/aromatic N) is 1. The van der Waals surface area contributed by atoms with Crippen LogP contribution in [0.1, 0.15) is 23.7 Å². The summed E-state index contributed by atoms with van der Waals surface area (Å²) in [4.78, 5) is 35.3. The van der Waals surface area contributed by atoms with Gasteiger partial charge in [-0.25, -0.2) is 4.79 Å². The van der Waals surface area contributed by atoms with Crippen LogP contribution in [0, 0.1) is 0 Å². The smallest absolute Gasteiger partial charge is 0.335 e. The van der Waals surface area contributed by atoms with Gasteiger partial charge in [0.1, 0.15) is 5.75 Å². The Balaban J connectivity index is 2.27. The molecule has 1 aromatic carbocycles. The standard InChI is InChI=1S/C13H13NO5S/c1-7(15)20-9-5-12(17)14(6-9)10-4-8(13(18)19)2-3-11(10)16/h2-4,9,16H,5-6H2,1H3,(H,18,19). The van der Waals surface area contributed by atoms with Crippen molar-refractivity contribution >= 4 is 34.4 Å². The molecule has 0 bridgehead atoms. The lowest BCUT2D eigenvalue weighted by atomic mass is 10.1. The molecule has 1 aliphatic rings. The number of phenols is 1. The van der Waals surface area contributed by atoms with E-state index in [0.29, 0.717) is 0 Å². The molecule has 0 aliphatic carbocycles. The number of carboxylic acids is 1. The third kappa shape index (κ3) is 2.93. The minimum Gasteiger partial charge on any atom is -0.506 e. The van der Waals surface area contributed by atoms with E-state index < -0.39 is 5.97 Å². The average molecular weight is 295 g/mol. The fourth-order valence-electron chi connectivity index (χ4n) is 2.09. The Morgan fingerprint density at radius 2 is 2.10 bits per heavy atom. The van der Waals surface area contributed by atoms with E-state index in [-0.39, 0.29) is 46.2 Å². The molecule has 0 radical (unpaired) electrons. The Hall–Kier alpha value is -2.02. The van der Waals surface area contributed by atoms with Gasteiger partial charge in [0.25, 0.3) is 0 Å². The van der Waals surface area contributed by atoms with E-state index in [9.17, 15) is 19.5 Å². The molecule has 0 saturated carbocycles. The highest BCUT2D eigenvalue weighted by atomic mass is 32.2. The van der Waals surface area contributed by atoms with Crippen LogP contribution in [0.2, 0.25) is 0 Å². The molecular weight excluding hydrogens is 282 g/mol. The lowest BCUT2D eigenvalue weighted by Gasteiger charge is -2.18. The van der Waals surface area contributed by atoms with Gasteiger partial charge < -0.3 is 15.1 Å². The number of rotatable bonds is 3. The summed E-state index contributed by atoms with van der Waals surface area (Å²) < 4.78 is 0. The first kappa shape index (κ1) is 14.4. The van der Waals surface area contributed by atoms with Gasteiger partial charge in [-0.2, -0.15) is 0 Å². The third-order valence-corrected chi connectivity index (χ3v) is 3.92. The predicted molar refractivity (Wildman–Crippen MR) is 74.1 cm³/mol. The lowest BCUT2D eigenvalue weighted by molar-refractivity contribution is -0.117. The molecule has 1 fully saturated rings. The van der Waals surface area contributed by atoms with E-state index in [1.54, 1.807) is 0 Å². The van der Waals surface area contributed by atoms with E-state index in [1.165, 1.54) is 30.0 Å². The van der Waals surface area contributed by atoms with Crippen LogP contribution in [0.5, 0.6) is 5.75 Å². The van der Waals surface area contributed by atoms with Crippen molar-refractivity contribution in [2.24, 2.45) is 0 Å². The summed E-state index contributed by atoms with van der Waals surface area (Å²) in [6.45, 7) is 1.71. The number of aromatic hydroxyl groups is 1. The normalized spacial score (nSPS) is 18.4. The van der Waals surface area contributed by atoms with Gasteiger partial charge >= 0.3 is 5.97 Å². The molecule has 1 aromatic rings. The topological polar surface area (TPSA) is 94.9 Å². The van der Waals surface area contributed by atoms with Crippen LogP contribution in [-0.2, 0) is 9.59 Å². The zero-order valence-electron chi connectivity index (χ0n) is 10.7. The van der Waals surface area contributed by atoms with Gasteiger partial charge in [-0.3, -0.25) is 9.59 Å². The fraction of sp³-hybridized carbons (Fsp3) is 0.308. The van der Waals surface area contributed by atoms with Crippen LogP contribution >= 0.6 is 11.8 Å². The van der Waals surface area contributed by atoms with Gasteiger partial charge in [0, 0.05) is 25.1 Å². The van der Waals surface area contributed by atoms with Crippen LogP contribution in [0.25, 0.3) is 0 Å². The molecule has 6 nitrogen and oxygen atoms in total. The number of carboxylic acid groups (broad SMARTS) is 1. The third-order valence-electron chi connectivity index (χ3n) is 2.94. The van der Waals surface area contributed by atoms with Gasteiger partial charge in [-0.1, -0.05) is 11.8 Å². The van der Waals surface area contributed by atoms with E-state index in [0.717, 1.165) is 11.8 Å².